The van der Waals surface area contributed by atoms with Crippen molar-refractivity contribution in [3.8, 4) is 0 Å². The predicted octanol–water partition coefficient (Wildman–Crippen LogP) is 1.88. The number of likely N-dealkylation sites (tertiary alicyclic amines) is 1. The summed E-state index contributed by atoms with van der Waals surface area (Å²) in [6.45, 7) is 6.66. The maximum Gasteiger partial charge on any atom is 0.240 e. The van der Waals surface area contributed by atoms with Crippen LogP contribution >= 0.6 is 0 Å². The van der Waals surface area contributed by atoms with Gasteiger partial charge in [-0.15, -0.1) is 0 Å². The van der Waals surface area contributed by atoms with Gasteiger partial charge in [0.2, 0.25) is 5.91 Å². The van der Waals surface area contributed by atoms with Gasteiger partial charge in [0.15, 0.2) is 0 Å². The van der Waals surface area contributed by atoms with E-state index in [1.165, 1.54) is 5.56 Å². The van der Waals surface area contributed by atoms with E-state index in [0.29, 0.717) is 6.54 Å². The molecule has 1 aromatic heterocycles. The average Bonchev–Trinajstić information content (AvgIpc) is 2.42. The Bertz CT molecular complexity index is 433. The second kappa shape index (κ2) is 6.66. The number of pyridine rings is 1. The van der Waals surface area contributed by atoms with Crippen LogP contribution in [0.5, 0.6) is 0 Å². The minimum Gasteiger partial charge on any atom is -0.337 e. The molecule has 0 aromatic carbocycles. The smallest absolute Gasteiger partial charge is 0.240 e. The molecule has 1 N–H and O–H groups in total. The molecular formula is C15H23N3O. The number of hydrogen-bond donors (Lipinski definition) is 1. The van der Waals surface area contributed by atoms with Gasteiger partial charge < -0.3 is 10.2 Å². The van der Waals surface area contributed by atoms with Crippen LogP contribution in [0.4, 0.5) is 0 Å². The second-order valence-corrected chi connectivity index (χ2v) is 5.21. The van der Waals surface area contributed by atoms with Crippen molar-refractivity contribution in [3.05, 3.63) is 29.6 Å². The Morgan fingerprint density at radius 3 is 3.11 bits per heavy atom. The van der Waals surface area contributed by atoms with Crippen LogP contribution in [0.25, 0.3) is 0 Å². The van der Waals surface area contributed by atoms with E-state index in [1.54, 1.807) is 6.20 Å². The lowest BCUT2D eigenvalue weighted by Crippen LogP contribution is -2.50. The van der Waals surface area contributed by atoms with Gasteiger partial charge in [0, 0.05) is 25.5 Å². The van der Waals surface area contributed by atoms with Crippen molar-refractivity contribution < 1.29 is 4.79 Å². The number of aryl methyl sites for hydroxylation is 1. The van der Waals surface area contributed by atoms with Crippen molar-refractivity contribution in [2.45, 2.75) is 45.7 Å². The van der Waals surface area contributed by atoms with E-state index in [9.17, 15) is 4.79 Å². The van der Waals surface area contributed by atoms with E-state index in [4.69, 9.17) is 0 Å². The first-order valence-electron chi connectivity index (χ1n) is 7.14. The topological polar surface area (TPSA) is 45.2 Å². The third-order valence-electron chi connectivity index (χ3n) is 3.67. The van der Waals surface area contributed by atoms with Crippen molar-refractivity contribution in [1.82, 2.24) is 15.2 Å². The lowest BCUT2D eigenvalue weighted by atomic mass is 10.0. The van der Waals surface area contributed by atoms with Crippen LogP contribution in [-0.4, -0.2) is 34.9 Å². The molecule has 1 fully saturated rings. The minimum absolute atomic E-state index is 0.0100. The molecule has 1 unspecified atom stereocenters. The van der Waals surface area contributed by atoms with E-state index in [2.05, 4.69) is 17.2 Å². The first-order chi connectivity index (χ1) is 9.22. The van der Waals surface area contributed by atoms with Gasteiger partial charge in [0.05, 0.1) is 6.04 Å². The zero-order valence-corrected chi connectivity index (χ0v) is 11.9. The molecule has 1 atom stereocenters. The molecule has 0 spiro atoms. The molecule has 0 bridgehead atoms. The largest absolute Gasteiger partial charge is 0.337 e. The summed E-state index contributed by atoms with van der Waals surface area (Å²) < 4.78 is 0. The highest BCUT2D eigenvalue weighted by Gasteiger charge is 2.28. The Morgan fingerprint density at radius 1 is 1.53 bits per heavy atom. The summed E-state index contributed by atoms with van der Waals surface area (Å²) >= 11 is 0. The standard InChI is InChI=1S/C15H23N3O/c1-3-7-17-14-5-4-9-18(15(14)19)11-13-6-8-16-10-12(13)2/h6,8,10,14,17H,3-5,7,9,11H2,1-2H3. The first-order valence-corrected chi connectivity index (χ1v) is 7.14. The Labute approximate surface area is 115 Å². The number of carbonyl (C=O) groups excluding carboxylic acids is 1. The quantitative estimate of drug-likeness (QED) is 0.880. The summed E-state index contributed by atoms with van der Waals surface area (Å²) in [6, 6.07) is 2.02. The van der Waals surface area contributed by atoms with E-state index < -0.39 is 0 Å². The van der Waals surface area contributed by atoms with Gasteiger partial charge in [-0.1, -0.05) is 6.92 Å². The van der Waals surface area contributed by atoms with Gasteiger partial charge in [-0.2, -0.15) is 0 Å². The summed E-state index contributed by atoms with van der Waals surface area (Å²) in [5.74, 6) is 0.246. The van der Waals surface area contributed by atoms with Gasteiger partial charge in [-0.25, -0.2) is 0 Å². The van der Waals surface area contributed by atoms with Gasteiger partial charge in [0.25, 0.3) is 0 Å². The van der Waals surface area contributed by atoms with Crippen LogP contribution in [-0.2, 0) is 11.3 Å². The lowest BCUT2D eigenvalue weighted by Gasteiger charge is -2.33. The highest BCUT2D eigenvalue weighted by Crippen LogP contribution is 2.16. The summed E-state index contributed by atoms with van der Waals surface area (Å²) in [5, 5.41) is 3.35. The number of amides is 1. The Hall–Kier alpha value is -1.42. The maximum absolute atomic E-state index is 12.4. The first kappa shape index (κ1) is 14.0. The zero-order chi connectivity index (χ0) is 13.7. The highest BCUT2D eigenvalue weighted by atomic mass is 16.2. The summed E-state index contributed by atoms with van der Waals surface area (Å²) in [5.41, 5.74) is 2.35. The summed E-state index contributed by atoms with van der Waals surface area (Å²) in [4.78, 5) is 18.5. The molecule has 1 amide bonds. The minimum atomic E-state index is 0.0100. The number of piperidine rings is 1. The molecule has 19 heavy (non-hydrogen) atoms. The van der Waals surface area contributed by atoms with E-state index in [-0.39, 0.29) is 11.9 Å². The molecule has 1 saturated heterocycles. The predicted molar refractivity (Wildman–Crippen MR) is 75.7 cm³/mol. The van der Waals surface area contributed by atoms with Crippen LogP contribution in [0, 0.1) is 6.92 Å². The van der Waals surface area contributed by atoms with Crippen molar-refractivity contribution in [2.24, 2.45) is 0 Å². The zero-order valence-electron chi connectivity index (χ0n) is 11.9. The third kappa shape index (κ3) is 3.53. The molecule has 1 aliphatic rings. The van der Waals surface area contributed by atoms with Crippen LogP contribution in [0.1, 0.15) is 37.3 Å². The average molecular weight is 261 g/mol. The number of nitrogens with one attached hydrogen (secondary N) is 1. The molecule has 0 saturated carbocycles. The van der Waals surface area contributed by atoms with Crippen molar-refractivity contribution in [1.29, 1.82) is 0 Å². The second-order valence-electron chi connectivity index (χ2n) is 5.21. The number of carbonyl (C=O) groups is 1. The molecule has 0 aliphatic carbocycles. The van der Waals surface area contributed by atoms with E-state index in [1.807, 2.05) is 24.1 Å². The van der Waals surface area contributed by atoms with Crippen molar-refractivity contribution in [2.75, 3.05) is 13.1 Å². The summed E-state index contributed by atoms with van der Waals surface area (Å²) in [6.07, 6.45) is 6.76. The molecule has 4 nitrogen and oxygen atoms in total. The van der Waals surface area contributed by atoms with Gasteiger partial charge in [-0.05, 0) is 49.9 Å². The van der Waals surface area contributed by atoms with Gasteiger partial charge in [0.1, 0.15) is 0 Å². The lowest BCUT2D eigenvalue weighted by molar-refractivity contribution is -0.136. The number of rotatable bonds is 5. The van der Waals surface area contributed by atoms with Crippen LogP contribution in [0.15, 0.2) is 18.5 Å². The van der Waals surface area contributed by atoms with E-state index >= 15 is 0 Å². The van der Waals surface area contributed by atoms with Gasteiger partial charge in [-0.3, -0.25) is 9.78 Å². The van der Waals surface area contributed by atoms with Crippen molar-refractivity contribution in [3.63, 3.8) is 0 Å². The third-order valence-corrected chi connectivity index (χ3v) is 3.67. The Balaban J connectivity index is 2.00. The van der Waals surface area contributed by atoms with Crippen LogP contribution in [0.3, 0.4) is 0 Å². The summed E-state index contributed by atoms with van der Waals surface area (Å²) in [7, 11) is 0. The van der Waals surface area contributed by atoms with Crippen molar-refractivity contribution >= 4 is 5.91 Å². The molecular weight excluding hydrogens is 238 g/mol. The number of aromatic nitrogens is 1. The van der Waals surface area contributed by atoms with Crippen LogP contribution in [0.2, 0.25) is 0 Å². The normalized spacial score (nSPS) is 19.8. The molecule has 1 aromatic rings. The SMILES string of the molecule is CCCNC1CCCN(Cc2ccncc2C)C1=O. The fourth-order valence-electron chi connectivity index (χ4n) is 2.49. The Morgan fingerprint density at radius 2 is 2.37 bits per heavy atom. The number of nitrogens with zero attached hydrogens (tertiary/aromatic N) is 2. The molecule has 1 aliphatic heterocycles. The molecule has 0 radical (unpaired) electrons. The number of hydrogen-bond acceptors (Lipinski definition) is 3. The molecule has 2 heterocycles. The Kier molecular flexibility index (Phi) is 4.91. The van der Waals surface area contributed by atoms with Crippen LogP contribution < -0.4 is 5.32 Å². The van der Waals surface area contributed by atoms with E-state index in [0.717, 1.165) is 37.9 Å². The van der Waals surface area contributed by atoms with Gasteiger partial charge >= 0.3 is 0 Å². The maximum atomic E-state index is 12.4. The molecule has 104 valence electrons. The molecule has 4 heteroatoms. The fraction of sp³-hybridized carbons (Fsp3) is 0.600. The highest BCUT2D eigenvalue weighted by molar-refractivity contribution is 5.82. The monoisotopic (exact) mass is 261 g/mol. The molecule has 2 rings (SSSR count). The fourth-order valence-corrected chi connectivity index (χ4v) is 2.49.